The third-order valence-electron chi connectivity index (χ3n) is 1.85. The summed E-state index contributed by atoms with van der Waals surface area (Å²) in [6.45, 7) is 1.90. The zero-order chi connectivity index (χ0) is 10.7. The summed E-state index contributed by atoms with van der Waals surface area (Å²) in [6.07, 6.45) is -0.0980. The van der Waals surface area contributed by atoms with Gasteiger partial charge in [-0.1, -0.05) is 0 Å². The van der Waals surface area contributed by atoms with Gasteiger partial charge in [0.2, 0.25) is 0 Å². The first-order chi connectivity index (χ1) is 6.54. The normalized spacial score (nSPS) is 9.50. The van der Waals surface area contributed by atoms with Gasteiger partial charge in [-0.05, 0) is 52.8 Å². The molecule has 1 aromatic carbocycles. The van der Waals surface area contributed by atoms with Gasteiger partial charge in [0.25, 0.3) is 0 Å². The van der Waals surface area contributed by atoms with Gasteiger partial charge in [0.05, 0.1) is 18.1 Å². The number of carbonyl (C=O) groups is 1. The number of carboxylic acid groups (broad SMARTS) is 1. The van der Waals surface area contributed by atoms with E-state index in [0.29, 0.717) is 11.1 Å². The van der Waals surface area contributed by atoms with Crippen LogP contribution in [0.2, 0.25) is 0 Å². The van der Waals surface area contributed by atoms with Gasteiger partial charge in [0, 0.05) is 3.57 Å². The van der Waals surface area contributed by atoms with E-state index in [1.165, 1.54) is 0 Å². The highest BCUT2D eigenvalue weighted by atomic mass is 127. The number of hydrogen-bond acceptors (Lipinski definition) is 2. The van der Waals surface area contributed by atoms with Gasteiger partial charge < -0.3 is 5.11 Å². The minimum Gasteiger partial charge on any atom is -0.481 e. The molecule has 0 spiro atoms. The second-order valence-corrected chi connectivity index (χ2v) is 4.10. The van der Waals surface area contributed by atoms with Crippen LogP contribution < -0.4 is 0 Å². The van der Waals surface area contributed by atoms with Crippen LogP contribution in [0, 0.1) is 21.8 Å². The van der Waals surface area contributed by atoms with Crippen molar-refractivity contribution in [2.24, 2.45) is 0 Å². The summed E-state index contributed by atoms with van der Waals surface area (Å²) in [7, 11) is 0. The Kier molecular flexibility index (Phi) is 3.47. The summed E-state index contributed by atoms with van der Waals surface area (Å²) >= 11 is 2.13. The fourth-order valence-corrected chi connectivity index (χ4v) is 1.67. The lowest BCUT2D eigenvalue weighted by Crippen LogP contribution is -2.03. The molecule has 3 nitrogen and oxygen atoms in total. The van der Waals surface area contributed by atoms with Crippen LogP contribution >= 0.6 is 22.6 Å². The van der Waals surface area contributed by atoms with Crippen molar-refractivity contribution in [3.05, 3.63) is 32.4 Å². The Hall–Kier alpha value is -1.09. The predicted octanol–water partition coefficient (Wildman–Crippen LogP) is 2.10. The van der Waals surface area contributed by atoms with Gasteiger partial charge in [-0.2, -0.15) is 5.26 Å². The summed E-state index contributed by atoms with van der Waals surface area (Å²) in [4.78, 5) is 10.5. The molecule has 72 valence electrons. The van der Waals surface area contributed by atoms with Crippen LogP contribution in [-0.4, -0.2) is 11.1 Å². The van der Waals surface area contributed by atoms with Gasteiger partial charge in [0.1, 0.15) is 0 Å². The van der Waals surface area contributed by atoms with Crippen LogP contribution in [0.5, 0.6) is 0 Å². The van der Waals surface area contributed by atoms with Crippen LogP contribution in [-0.2, 0) is 11.2 Å². The molecule has 0 aliphatic carbocycles. The topological polar surface area (TPSA) is 61.1 Å². The SMILES string of the molecule is Cc1cc(C#N)c(CC(=O)O)cc1I. The third kappa shape index (κ3) is 2.45. The zero-order valence-electron chi connectivity index (χ0n) is 7.54. The molecular formula is C10H8INO2. The fraction of sp³-hybridized carbons (Fsp3) is 0.200. The molecular weight excluding hydrogens is 293 g/mol. The maximum absolute atomic E-state index is 10.5. The molecule has 0 amide bonds. The largest absolute Gasteiger partial charge is 0.481 e. The smallest absolute Gasteiger partial charge is 0.307 e. The molecule has 0 aliphatic rings. The maximum atomic E-state index is 10.5. The summed E-state index contributed by atoms with van der Waals surface area (Å²) in [6, 6.07) is 5.48. The minimum atomic E-state index is -0.916. The number of aryl methyl sites for hydroxylation is 1. The lowest BCUT2D eigenvalue weighted by atomic mass is 10.0. The molecule has 14 heavy (non-hydrogen) atoms. The number of aliphatic carboxylic acids is 1. The Bertz CT molecular complexity index is 421. The van der Waals surface area contributed by atoms with Gasteiger partial charge >= 0.3 is 5.97 Å². The number of benzene rings is 1. The van der Waals surface area contributed by atoms with Gasteiger partial charge in [-0.25, -0.2) is 0 Å². The molecule has 0 atom stereocenters. The van der Waals surface area contributed by atoms with Gasteiger partial charge in [0.15, 0.2) is 0 Å². The zero-order valence-corrected chi connectivity index (χ0v) is 9.70. The van der Waals surface area contributed by atoms with Gasteiger partial charge in [-0.15, -0.1) is 0 Å². The standard InChI is InChI=1S/C10H8INO2/c1-6-2-8(5-12)7(3-9(6)11)4-10(13)14/h2-3H,4H2,1H3,(H,13,14). The quantitative estimate of drug-likeness (QED) is 0.851. The van der Waals surface area contributed by atoms with Gasteiger partial charge in [-0.3, -0.25) is 4.79 Å². The molecule has 0 heterocycles. The van der Waals surface area contributed by atoms with Crippen LogP contribution in [0.1, 0.15) is 16.7 Å². The third-order valence-corrected chi connectivity index (χ3v) is 3.01. The highest BCUT2D eigenvalue weighted by Crippen LogP contribution is 2.18. The average Bonchev–Trinajstić information content (AvgIpc) is 2.10. The van der Waals surface area contributed by atoms with E-state index in [0.717, 1.165) is 9.13 Å². The average molecular weight is 301 g/mol. The van der Waals surface area contributed by atoms with E-state index in [2.05, 4.69) is 22.6 Å². The van der Waals surface area contributed by atoms with Crippen molar-refractivity contribution in [1.82, 2.24) is 0 Å². The number of rotatable bonds is 2. The van der Waals surface area contributed by atoms with Crippen LogP contribution in [0.4, 0.5) is 0 Å². The Morgan fingerprint density at radius 1 is 1.64 bits per heavy atom. The summed E-state index contributed by atoms with van der Waals surface area (Å²) in [5.74, 6) is -0.916. The summed E-state index contributed by atoms with van der Waals surface area (Å²) in [5.41, 5.74) is 2.02. The fourth-order valence-electron chi connectivity index (χ4n) is 1.14. The number of halogens is 1. The Morgan fingerprint density at radius 2 is 2.29 bits per heavy atom. The number of nitrogens with zero attached hydrogens (tertiary/aromatic N) is 1. The molecule has 0 bridgehead atoms. The Balaban J connectivity index is 3.22. The molecule has 0 unspecified atom stereocenters. The Morgan fingerprint density at radius 3 is 2.79 bits per heavy atom. The second kappa shape index (κ2) is 4.42. The molecule has 0 aliphatic heterocycles. The van der Waals surface area contributed by atoms with E-state index in [1.807, 2.05) is 13.0 Å². The number of nitriles is 1. The maximum Gasteiger partial charge on any atom is 0.307 e. The van der Waals surface area contributed by atoms with Crippen molar-refractivity contribution in [3.8, 4) is 6.07 Å². The lowest BCUT2D eigenvalue weighted by molar-refractivity contribution is -0.136. The number of hydrogen-bond donors (Lipinski definition) is 1. The molecule has 0 fully saturated rings. The summed E-state index contributed by atoms with van der Waals surface area (Å²) in [5, 5.41) is 17.4. The predicted molar refractivity (Wildman–Crippen MR) is 60.0 cm³/mol. The van der Waals surface area contributed by atoms with Crippen molar-refractivity contribution < 1.29 is 9.90 Å². The van der Waals surface area contributed by atoms with Crippen molar-refractivity contribution in [3.63, 3.8) is 0 Å². The molecule has 1 rings (SSSR count). The molecule has 0 saturated heterocycles. The van der Waals surface area contributed by atoms with Crippen molar-refractivity contribution in [2.75, 3.05) is 0 Å². The van der Waals surface area contributed by atoms with E-state index in [9.17, 15) is 4.79 Å². The van der Waals surface area contributed by atoms with Crippen LogP contribution in [0.25, 0.3) is 0 Å². The second-order valence-electron chi connectivity index (χ2n) is 2.94. The number of carboxylic acids is 1. The first-order valence-corrected chi connectivity index (χ1v) is 5.03. The van der Waals surface area contributed by atoms with E-state index < -0.39 is 5.97 Å². The molecule has 0 radical (unpaired) electrons. The lowest BCUT2D eigenvalue weighted by Gasteiger charge is -2.04. The monoisotopic (exact) mass is 301 g/mol. The highest BCUT2D eigenvalue weighted by Gasteiger charge is 2.08. The van der Waals surface area contributed by atoms with Crippen LogP contribution in [0.15, 0.2) is 12.1 Å². The molecule has 0 aromatic heterocycles. The van der Waals surface area contributed by atoms with E-state index >= 15 is 0 Å². The molecule has 1 aromatic rings. The summed E-state index contributed by atoms with van der Waals surface area (Å²) < 4.78 is 0.984. The van der Waals surface area contributed by atoms with Crippen molar-refractivity contribution >= 4 is 28.6 Å². The van der Waals surface area contributed by atoms with Crippen molar-refractivity contribution in [1.29, 1.82) is 5.26 Å². The molecule has 0 saturated carbocycles. The van der Waals surface area contributed by atoms with Crippen LogP contribution in [0.3, 0.4) is 0 Å². The molecule has 1 N–H and O–H groups in total. The first kappa shape index (κ1) is 11.0. The first-order valence-electron chi connectivity index (χ1n) is 3.95. The van der Waals surface area contributed by atoms with E-state index in [-0.39, 0.29) is 6.42 Å². The Labute approximate surface area is 95.5 Å². The molecule has 4 heteroatoms. The highest BCUT2D eigenvalue weighted by molar-refractivity contribution is 14.1. The van der Waals surface area contributed by atoms with E-state index in [4.69, 9.17) is 10.4 Å². The van der Waals surface area contributed by atoms with E-state index in [1.54, 1.807) is 12.1 Å². The van der Waals surface area contributed by atoms with Crippen molar-refractivity contribution in [2.45, 2.75) is 13.3 Å². The minimum absolute atomic E-state index is 0.0980.